The quantitative estimate of drug-likeness (QED) is 0.365. The highest BCUT2D eigenvalue weighted by Crippen LogP contribution is 2.27. The predicted octanol–water partition coefficient (Wildman–Crippen LogP) is 1.31. The summed E-state index contributed by atoms with van der Waals surface area (Å²) in [5.74, 6) is -2.95. The number of esters is 1. The third kappa shape index (κ3) is 5.83. The first-order valence-corrected chi connectivity index (χ1v) is 8.73. The zero-order valence-electron chi connectivity index (χ0n) is 15.6. The van der Waals surface area contributed by atoms with Gasteiger partial charge in [0, 0.05) is 30.4 Å². The largest absolute Gasteiger partial charge is 0.466 e. The number of aromatic nitrogens is 1. The van der Waals surface area contributed by atoms with Gasteiger partial charge in [-0.2, -0.15) is 0 Å². The molecule has 0 aliphatic heterocycles. The second kappa shape index (κ2) is 9.93. The highest BCUT2D eigenvalue weighted by molar-refractivity contribution is 5.97. The lowest BCUT2D eigenvalue weighted by Gasteiger charge is -2.25. The molecule has 0 spiro atoms. The molecule has 152 valence electrons. The van der Waals surface area contributed by atoms with E-state index in [0.29, 0.717) is 5.56 Å². The van der Waals surface area contributed by atoms with Crippen LogP contribution in [0.4, 0.5) is 5.69 Å². The number of hydrogen-bond donors (Lipinski definition) is 2. The summed E-state index contributed by atoms with van der Waals surface area (Å²) in [5.41, 5.74) is 5.97. The Morgan fingerprint density at radius 1 is 1.24 bits per heavy atom. The van der Waals surface area contributed by atoms with Gasteiger partial charge in [-0.25, -0.2) is 0 Å². The van der Waals surface area contributed by atoms with Crippen molar-refractivity contribution < 1.29 is 24.0 Å². The first kappa shape index (κ1) is 21.5. The van der Waals surface area contributed by atoms with E-state index in [1.807, 2.05) is 0 Å². The van der Waals surface area contributed by atoms with Crippen LogP contribution in [0.2, 0.25) is 0 Å². The summed E-state index contributed by atoms with van der Waals surface area (Å²) >= 11 is 0. The molecule has 2 atom stereocenters. The Morgan fingerprint density at radius 3 is 2.45 bits per heavy atom. The van der Waals surface area contributed by atoms with Gasteiger partial charge < -0.3 is 15.8 Å². The fourth-order valence-corrected chi connectivity index (χ4v) is 2.76. The minimum atomic E-state index is -1.26. The topological polar surface area (TPSA) is 155 Å². The molecule has 10 nitrogen and oxygen atoms in total. The number of rotatable bonds is 9. The van der Waals surface area contributed by atoms with E-state index in [9.17, 15) is 24.5 Å². The zero-order valence-corrected chi connectivity index (χ0v) is 15.6. The van der Waals surface area contributed by atoms with E-state index in [1.165, 1.54) is 42.7 Å². The zero-order chi connectivity index (χ0) is 21.4. The molecule has 0 saturated carbocycles. The summed E-state index contributed by atoms with van der Waals surface area (Å²) in [5, 5.41) is 13.4. The lowest BCUT2D eigenvalue weighted by molar-refractivity contribution is -0.384. The molecule has 1 aromatic carbocycles. The average Bonchev–Trinajstić information content (AvgIpc) is 2.71. The molecule has 0 unspecified atom stereocenters. The van der Waals surface area contributed by atoms with E-state index in [4.69, 9.17) is 10.5 Å². The molecule has 0 aliphatic carbocycles. The van der Waals surface area contributed by atoms with Crippen LogP contribution in [-0.4, -0.2) is 40.3 Å². The van der Waals surface area contributed by atoms with E-state index in [2.05, 4.69) is 10.3 Å². The molecule has 0 aliphatic rings. The first-order chi connectivity index (χ1) is 13.8. The van der Waals surface area contributed by atoms with Gasteiger partial charge in [-0.15, -0.1) is 0 Å². The summed E-state index contributed by atoms with van der Waals surface area (Å²) < 4.78 is 4.95. The highest BCUT2D eigenvalue weighted by atomic mass is 16.6. The van der Waals surface area contributed by atoms with Crippen molar-refractivity contribution in [3.05, 3.63) is 70.0 Å². The molecule has 10 heteroatoms. The molecule has 1 heterocycles. The van der Waals surface area contributed by atoms with Crippen molar-refractivity contribution in [3.63, 3.8) is 0 Å². The summed E-state index contributed by atoms with van der Waals surface area (Å²) in [4.78, 5) is 50.9. The number of pyridine rings is 1. The number of carbonyl (C=O) groups is 3. The van der Waals surface area contributed by atoms with Crippen molar-refractivity contribution in [3.8, 4) is 0 Å². The summed E-state index contributed by atoms with van der Waals surface area (Å²) in [6.07, 6.45) is 2.55. The molecule has 2 aromatic rings. The molecular formula is C19H20N4O6. The molecule has 3 N–H and O–H groups in total. The van der Waals surface area contributed by atoms with Crippen LogP contribution in [0.5, 0.6) is 0 Å². The number of nitrogens with one attached hydrogen (secondary N) is 1. The number of hydrogen-bond acceptors (Lipinski definition) is 7. The third-order valence-corrected chi connectivity index (χ3v) is 4.14. The van der Waals surface area contributed by atoms with Crippen LogP contribution in [0.25, 0.3) is 0 Å². The number of amides is 2. The van der Waals surface area contributed by atoms with Gasteiger partial charge in [0.05, 0.1) is 23.5 Å². The monoisotopic (exact) mass is 400 g/mol. The number of nitrogens with zero attached hydrogens (tertiary/aromatic N) is 2. The second-order valence-corrected chi connectivity index (χ2v) is 6.06. The van der Waals surface area contributed by atoms with Crippen molar-refractivity contribution >= 4 is 23.5 Å². The van der Waals surface area contributed by atoms with Gasteiger partial charge in [-0.1, -0.05) is 12.1 Å². The van der Waals surface area contributed by atoms with Crippen LogP contribution in [0, 0.1) is 10.1 Å². The van der Waals surface area contributed by atoms with Gasteiger partial charge in [0.25, 0.3) is 11.6 Å². The number of primary amides is 1. The maximum atomic E-state index is 12.5. The number of non-ortho nitro benzene ring substituents is 1. The molecule has 0 saturated heterocycles. The van der Waals surface area contributed by atoms with Gasteiger partial charge in [0.2, 0.25) is 5.91 Å². The molecule has 0 bridgehead atoms. The van der Waals surface area contributed by atoms with Gasteiger partial charge in [-0.3, -0.25) is 29.5 Å². The number of nitrogens with two attached hydrogens (primary N) is 1. The molecule has 0 radical (unpaired) electrons. The summed E-state index contributed by atoms with van der Waals surface area (Å²) in [7, 11) is 0. The Kier molecular flexibility index (Phi) is 7.35. The Morgan fingerprint density at radius 2 is 1.93 bits per heavy atom. The maximum absolute atomic E-state index is 12.5. The summed E-state index contributed by atoms with van der Waals surface area (Å²) in [6.45, 7) is 1.77. The van der Waals surface area contributed by atoms with E-state index in [1.54, 1.807) is 13.0 Å². The average molecular weight is 400 g/mol. The smallest absolute Gasteiger partial charge is 0.306 e. The van der Waals surface area contributed by atoms with Crippen molar-refractivity contribution in [1.82, 2.24) is 10.3 Å². The minimum Gasteiger partial charge on any atom is -0.466 e. The highest BCUT2D eigenvalue weighted by Gasteiger charge is 2.32. The van der Waals surface area contributed by atoms with Gasteiger partial charge >= 0.3 is 5.97 Å². The SMILES string of the molecule is CCOC(=O)C[C@@H](c1ccc([N+](=O)[O-])cc1)[C@@H](NC(=O)c1cccnc1)C(N)=O. The molecule has 2 rings (SSSR count). The number of nitro benzene ring substituents is 1. The molecule has 1 aromatic heterocycles. The third-order valence-electron chi connectivity index (χ3n) is 4.14. The lowest BCUT2D eigenvalue weighted by atomic mass is 9.87. The minimum absolute atomic E-state index is 0.134. The van der Waals surface area contributed by atoms with Gasteiger partial charge in [-0.05, 0) is 24.6 Å². The Hall–Kier alpha value is -3.82. The van der Waals surface area contributed by atoms with E-state index < -0.39 is 34.7 Å². The number of carbonyl (C=O) groups excluding carboxylic acids is 3. The van der Waals surface area contributed by atoms with Crippen molar-refractivity contribution in [1.29, 1.82) is 0 Å². The van der Waals surface area contributed by atoms with Crippen LogP contribution in [0.15, 0.2) is 48.8 Å². The van der Waals surface area contributed by atoms with Gasteiger partial charge in [0.1, 0.15) is 6.04 Å². The van der Waals surface area contributed by atoms with Crippen LogP contribution in [-0.2, 0) is 14.3 Å². The van der Waals surface area contributed by atoms with E-state index in [0.717, 1.165) is 0 Å². The normalized spacial score (nSPS) is 12.4. The predicted molar refractivity (Wildman–Crippen MR) is 102 cm³/mol. The van der Waals surface area contributed by atoms with E-state index in [-0.39, 0.29) is 24.3 Å². The number of nitro groups is 1. The van der Waals surface area contributed by atoms with Crippen LogP contribution in [0.1, 0.15) is 35.2 Å². The van der Waals surface area contributed by atoms with Crippen molar-refractivity contribution in [2.45, 2.75) is 25.3 Å². The van der Waals surface area contributed by atoms with Crippen molar-refractivity contribution in [2.75, 3.05) is 6.61 Å². The fourth-order valence-electron chi connectivity index (χ4n) is 2.76. The Balaban J connectivity index is 2.36. The maximum Gasteiger partial charge on any atom is 0.306 e. The molecular weight excluding hydrogens is 380 g/mol. The fraction of sp³-hybridized carbons (Fsp3) is 0.263. The summed E-state index contributed by atoms with van der Waals surface area (Å²) in [6, 6.07) is 7.12. The van der Waals surface area contributed by atoms with Crippen molar-refractivity contribution in [2.24, 2.45) is 5.73 Å². The molecule has 2 amide bonds. The number of benzene rings is 1. The van der Waals surface area contributed by atoms with Crippen LogP contribution < -0.4 is 11.1 Å². The molecule has 29 heavy (non-hydrogen) atoms. The molecule has 0 fully saturated rings. The Labute approximate surface area is 166 Å². The van der Waals surface area contributed by atoms with Crippen LogP contribution >= 0.6 is 0 Å². The first-order valence-electron chi connectivity index (χ1n) is 8.73. The second-order valence-electron chi connectivity index (χ2n) is 6.06. The van der Waals surface area contributed by atoms with Gasteiger partial charge in [0.15, 0.2) is 0 Å². The number of ether oxygens (including phenoxy) is 1. The van der Waals surface area contributed by atoms with E-state index >= 15 is 0 Å². The Bertz CT molecular complexity index is 885. The standard InChI is InChI=1S/C19H20N4O6/c1-2-29-16(24)10-15(12-5-7-14(8-6-12)23(27)28)17(18(20)25)22-19(26)13-4-3-9-21-11-13/h3-9,11,15,17H,2,10H2,1H3,(H2,20,25)(H,22,26)/t15-,17+/m0/s1. The van der Waals surface area contributed by atoms with Crippen LogP contribution in [0.3, 0.4) is 0 Å². The lowest BCUT2D eigenvalue weighted by Crippen LogP contribution is -2.48.